The molecule has 4 heteroatoms. The summed E-state index contributed by atoms with van der Waals surface area (Å²) in [4.78, 5) is 15.3. The first kappa shape index (κ1) is 32.2. The summed E-state index contributed by atoms with van der Waals surface area (Å²) in [6.45, 7) is 0. The molecule has 0 fully saturated rings. The third-order valence-electron chi connectivity index (χ3n) is 10.3. The summed E-state index contributed by atoms with van der Waals surface area (Å²) < 4.78 is 2.38. The largest absolute Gasteiger partial charge is 0.309 e. The van der Waals surface area contributed by atoms with E-state index >= 15 is 0 Å². The Balaban J connectivity index is 1.07. The average molecular weight is 703 g/mol. The predicted octanol–water partition coefficient (Wildman–Crippen LogP) is 13.0. The number of nitrogens with zero attached hydrogens (tertiary/aromatic N) is 4. The molecule has 258 valence electrons. The van der Waals surface area contributed by atoms with E-state index in [1.807, 2.05) is 12.1 Å². The average Bonchev–Trinajstić information content (AvgIpc) is 3.61. The number of hydrogen-bond acceptors (Lipinski definition) is 3. The topological polar surface area (TPSA) is 43.6 Å². The molecule has 0 aliphatic carbocycles. The van der Waals surface area contributed by atoms with Gasteiger partial charge in [-0.1, -0.05) is 182 Å². The van der Waals surface area contributed by atoms with Crippen molar-refractivity contribution in [2.75, 3.05) is 0 Å². The van der Waals surface area contributed by atoms with E-state index in [-0.39, 0.29) is 0 Å². The highest BCUT2D eigenvalue weighted by molar-refractivity contribution is 6.09. The first-order chi connectivity index (χ1) is 27.3. The highest BCUT2D eigenvalue weighted by Gasteiger charge is 2.17. The Morgan fingerprint density at radius 2 is 0.673 bits per heavy atom. The second kappa shape index (κ2) is 13.8. The van der Waals surface area contributed by atoms with Crippen LogP contribution >= 0.6 is 0 Å². The van der Waals surface area contributed by atoms with Crippen LogP contribution in [0.4, 0.5) is 0 Å². The van der Waals surface area contributed by atoms with Crippen molar-refractivity contribution in [2.45, 2.75) is 0 Å². The summed E-state index contributed by atoms with van der Waals surface area (Å²) in [5.74, 6) is 1.88. The van der Waals surface area contributed by atoms with Crippen LogP contribution in [0.1, 0.15) is 0 Å². The lowest BCUT2D eigenvalue weighted by Gasteiger charge is -2.14. The Morgan fingerprint density at radius 3 is 1.27 bits per heavy atom. The van der Waals surface area contributed by atoms with E-state index in [1.54, 1.807) is 0 Å². The molecule has 0 saturated carbocycles. The van der Waals surface area contributed by atoms with E-state index < -0.39 is 0 Å². The van der Waals surface area contributed by atoms with Gasteiger partial charge in [0.25, 0.3) is 0 Å². The van der Waals surface area contributed by atoms with Gasteiger partial charge in [-0.15, -0.1) is 0 Å². The second-order valence-corrected chi connectivity index (χ2v) is 13.7. The zero-order valence-corrected chi connectivity index (χ0v) is 29.9. The molecule has 4 nitrogen and oxygen atoms in total. The van der Waals surface area contributed by atoms with E-state index in [0.717, 1.165) is 50.2 Å². The van der Waals surface area contributed by atoms with Crippen molar-refractivity contribution in [2.24, 2.45) is 0 Å². The van der Waals surface area contributed by atoms with Crippen LogP contribution in [0.25, 0.3) is 95.0 Å². The van der Waals surface area contributed by atoms with Gasteiger partial charge in [-0.05, 0) is 52.1 Å². The van der Waals surface area contributed by atoms with Crippen molar-refractivity contribution >= 4 is 21.8 Å². The maximum Gasteiger partial charge on any atom is 0.164 e. The molecule has 10 aromatic rings. The lowest BCUT2D eigenvalue weighted by atomic mass is 10.0. The van der Waals surface area contributed by atoms with Gasteiger partial charge in [0.2, 0.25) is 0 Å². The van der Waals surface area contributed by atoms with Crippen LogP contribution in [0.15, 0.2) is 206 Å². The van der Waals surface area contributed by atoms with Gasteiger partial charge in [0.1, 0.15) is 0 Å². The molecule has 0 atom stereocenters. The van der Waals surface area contributed by atoms with Crippen molar-refractivity contribution < 1.29 is 0 Å². The second-order valence-electron chi connectivity index (χ2n) is 13.7. The summed E-state index contributed by atoms with van der Waals surface area (Å²) in [5.41, 5.74) is 13.1. The van der Waals surface area contributed by atoms with Crippen LogP contribution in [0.3, 0.4) is 0 Å². The fraction of sp³-hybridized carbons (Fsp3) is 0. The lowest BCUT2D eigenvalue weighted by Crippen LogP contribution is -2.00. The lowest BCUT2D eigenvalue weighted by molar-refractivity contribution is 1.07. The monoisotopic (exact) mass is 702 g/mol. The van der Waals surface area contributed by atoms with Crippen molar-refractivity contribution in [3.05, 3.63) is 206 Å². The van der Waals surface area contributed by atoms with Gasteiger partial charge < -0.3 is 4.57 Å². The molecule has 0 saturated heterocycles. The number of rotatable bonds is 7. The van der Waals surface area contributed by atoms with Gasteiger partial charge in [0.15, 0.2) is 17.5 Å². The molecule has 0 aliphatic rings. The third kappa shape index (κ3) is 6.06. The molecule has 10 rings (SSSR count). The highest BCUT2D eigenvalue weighted by atomic mass is 15.0. The minimum absolute atomic E-state index is 0.625. The molecular weight excluding hydrogens is 669 g/mol. The third-order valence-corrected chi connectivity index (χ3v) is 10.3. The van der Waals surface area contributed by atoms with Gasteiger partial charge in [0.05, 0.1) is 16.7 Å². The summed E-state index contributed by atoms with van der Waals surface area (Å²) in [5, 5.41) is 2.49. The van der Waals surface area contributed by atoms with E-state index in [9.17, 15) is 0 Å². The molecule has 0 N–H and O–H groups in total. The van der Waals surface area contributed by atoms with Crippen LogP contribution in [-0.2, 0) is 0 Å². The number of benzene rings is 8. The fourth-order valence-electron chi connectivity index (χ4n) is 7.57. The molecule has 0 aliphatic heterocycles. The number of fused-ring (bicyclic) bond motifs is 3. The van der Waals surface area contributed by atoms with Crippen LogP contribution in [0.5, 0.6) is 0 Å². The number of hydrogen-bond donors (Lipinski definition) is 0. The molecule has 0 radical (unpaired) electrons. The van der Waals surface area contributed by atoms with Crippen molar-refractivity contribution in [1.29, 1.82) is 0 Å². The standard InChI is InChI=1S/C51H34N4/c1-3-14-35(15-4-1)37-26-30-39(31-27-37)49-52-50(54-51(53-49)42-19-13-18-41(34-42)36-16-5-2-6-17-36)40-32-28-38(29-33-40)43-20-7-10-23-46(43)55-47-24-11-8-21-44(47)45-22-9-12-25-48(45)55/h1-34H. The fourth-order valence-corrected chi connectivity index (χ4v) is 7.57. The van der Waals surface area contributed by atoms with Gasteiger partial charge in [-0.3, -0.25) is 0 Å². The first-order valence-electron chi connectivity index (χ1n) is 18.5. The molecule has 55 heavy (non-hydrogen) atoms. The maximum atomic E-state index is 5.10. The Morgan fingerprint density at radius 1 is 0.273 bits per heavy atom. The van der Waals surface area contributed by atoms with E-state index in [1.165, 1.54) is 27.4 Å². The van der Waals surface area contributed by atoms with E-state index in [2.05, 4.69) is 199 Å². The van der Waals surface area contributed by atoms with Crippen molar-refractivity contribution in [3.63, 3.8) is 0 Å². The van der Waals surface area contributed by atoms with Crippen LogP contribution < -0.4 is 0 Å². The minimum atomic E-state index is 0.625. The van der Waals surface area contributed by atoms with Gasteiger partial charge >= 0.3 is 0 Å². The molecule has 8 aromatic carbocycles. The van der Waals surface area contributed by atoms with E-state index in [4.69, 9.17) is 15.0 Å². The molecule has 0 amide bonds. The van der Waals surface area contributed by atoms with Crippen LogP contribution in [-0.4, -0.2) is 19.5 Å². The Kier molecular flexibility index (Phi) is 8.12. The quantitative estimate of drug-likeness (QED) is 0.166. The Labute approximate surface area is 319 Å². The molecular formula is C51H34N4. The molecule has 0 spiro atoms. The molecule has 2 heterocycles. The summed E-state index contributed by atoms with van der Waals surface area (Å²) in [6.07, 6.45) is 0. The van der Waals surface area contributed by atoms with Crippen LogP contribution in [0.2, 0.25) is 0 Å². The summed E-state index contributed by atoms with van der Waals surface area (Å²) >= 11 is 0. The predicted molar refractivity (Wildman–Crippen MR) is 227 cm³/mol. The molecule has 0 bridgehead atoms. The first-order valence-corrected chi connectivity index (χ1v) is 18.5. The normalized spacial score (nSPS) is 11.3. The Hall–Kier alpha value is -7.43. The summed E-state index contributed by atoms with van der Waals surface area (Å²) in [6, 6.07) is 72.2. The minimum Gasteiger partial charge on any atom is -0.309 e. The smallest absolute Gasteiger partial charge is 0.164 e. The SMILES string of the molecule is c1ccc(-c2ccc(-c3nc(-c4ccc(-c5ccccc5-n5c6ccccc6c6ccccc65)cc4)nc(-c4cccc(-c5ccccc5)c4)n3)cc2)cc1. The molecule has 0 unspecified atom stereocenters. The zero-order chi connectivity index (χ0) is 36.6. The van der Waals surface area contributed by atoms with Gasteiger partial charge in [-0.2, -0.15) is 0 Å². The van der Waals surface area contributed by atoms with Crippen LogP contribution in [0, 0.1) is 0 Å². The zero-order valence-electron chi connectivity index (χ0n) is 29.9. The maximum absolute atomic E-state index is 5.10. The molecule has 2 aromatic heterocycles. The van der Waals surface area contributed by atoms with Gasteiger partial charge in [-0.25, -0.2) is 15.0 Å². The van der Waals surface area contributed by atoms with Gasteiger partial charge in [0, 0.05) is 33.0 Å². The Bertz CT molecular complexity index is 2900. The van der Waals surface area contributed by atoms with E-state index in [0.29, 0.717) is 17.5 Å². The number of aromatic nitrogens is 4. The summed E-state index contributed by atoms with van der Waals surface area (Å²) in [7, 11) is 0. The number of para-hydroxylation sites is 3. The van der Waals surface area contributed by atoms with Crippen molar-refractivity contribution in [3.8, 4) is 73.2 Å². The van der Waals surface area contributed by atoms with Crippen molar-refractivity contribution in [1.82, 2.24) is 19.5 Å². The highest BCUT2D eigenvalue weighted by Crippen LogP contribution is 2.37.